The fourth-order valence-corrected chi connectivity index (χ4v) is 2.58. The maximum absolute atomic E-state index is 10.0. The molecule has 2 rings (SSSR count). The van der Waals surface area contributed by atoms with Crippen LogP contribution in [0.3, 0.4) is 0 Å². The number of ether oxygens (including phenoxy) is 3. The monoisotopic (exact) mass is 567 g/mol. The Hall–Kier alpha value is 1.00. The first-order chi connectivity index (χ1) is 10.8. The molecule has 10 atom stereocenters. The zero-order chi connectivity index (χ0) is 17.3. The maximum atomic E-state index is 10.0. The Morgan fingerprint density at radius 2 is 1.38 bits per heavy atom. The fraction of sp³-hybridized carbons (Fsp3) is 1.00. The zero-order valence-corrected chi connectivity index (χ0v) is 17.4. The van der Waals surface area contributed by atoms with E-state index < -0.39 is 74.6 Å². The molecule has 0 aromatic heterocycles. The second-order valence-corrected chi connectivity index (χ2v) is 5.56. The van der Waals surface area contributed by atoms with Crippen molar-refractivity contribution in [3.63, 3.8) is 0 Å². The van der Waals surface area contributed by atoms with Gasteiger partial charge < -0.3 is 55.7 Å². The number of nitrogens with one attached hydrogen (secondary N) is 1. The van der Waals surface area contributed by atoms with Crippen molar-refractivity contribution in [2.45, 2.75) is 61.3 Å². The quantitative estimate of drug-likeness (QED) is 0.175. The Kier molecular flexibility index (Phi) is 9.41. The molecule has 139 valence electrons. The Bertz CT molecular complexity index is 389. The van der Waals surface area contributed by atoms with Crippen LogP contribution in [0.2, 0.25) is 0 Å². The van der Waals surface area contributed by atoms with Crippen molar-refractivity contribution in [3.8, 4) is 0 Å². The average molecular weight is 567 g/mol. The van der Waals surface area contributed by atoms with Gasteiger partial charge in [-0.3, -0.25) is 0 Å². The predicted molar refractivity (Wildman–Crippen MR) is 70.7 cm³/mol. The molecule has 11 nitrogen and oxygen atoms in total. The van der Waals surface area contributed by atoms with Crippen LogP contribution in [0.15, 0.2) is 0 Å². The smallest absolute Gasteiger partial charge is 0.187 e. The summed E-state index contributed by atoms with van der Waals surface area (Å²) >= 11 is 0. The van der Waals surface area contributed by atoms with Gasteiger partial charge in [-0.05, 0) is 0 Å². The maximum Gasteiger partial charge on any atom is 0.187 e. The van der Waals surface area contributed by atoms with Crippen LogP contribution in [0, 0.1) is 44.1 Å². The van der Waals surface area contributed by atoms with E-state index in [9.17, 15) is 30.6 Å². The van der Waals surface area contributed by atoms with Crippen LogP contribution in [0.5, 0.6) is 0 Å². The molecule has 0 bridgehead atoms. The minimum atomic E-state index is -1.70. The molecule has 6 unspecified atom stereocenters. The van der Waals surface area contributed by atoms with Crippen molar-refractivity contribution in [2.75, 3.05) is 13.2 Å². The molecule has 0 aromatic carbocycles. The van der Waals surface area contributed by atoms with Gasteiger partial charge in [0.15, 0.2) is 6.29 Å². The molecule has 1 radical (unpaired) electrons. The third-order valence-electron chi connectivity index (χ3n) is 4.01. The Morgan fingerprint density at radius 1 is 0.792 bits per heavy atom. The summed E-state index contributed by atoms with van der Waals surface area (Å²) in [5.74, 6) is 0. The summed E-state index contributed by atoms with van der Waals surface area (Å²) in [6, 6.07) is -1.48. The number of aliphatic hydroxyl groups is 7. The molecule has 0 saturated carbocycles. The Morgan fingerprint density at radius 3 is 1.92 bits per heavy atom. The summed E-state index contributed by atoms with van der Waals surface area (Å²) in [6.07, 6.45) is -13.4. The van der Waals surface area contributed by atoms with E-state index in [0.717, 1.165) is 0 Å². The van der Waals surface area contributed by atoms with Crippen LogP contribution in [-0.2, 0) is 14.2 Å². The largest absolute Gasteiger partial charge is 0.668 e. The van der Waals surface area contributed by atoms with Gasteiger partial charge in [-0.2, -0.15) is 0 Å². The molecule has 2 aliphatic rings. The SMILES string of the molecule is [Ac].[NH-]C1C(O)[C@@H](O[C@@H]2OC(CO)[C@H](O)C(O)C2O)C(CO)O[C@H]1O. The van der Waals surface area contributed by atoms with E-state index in [2.05, 4.69) is 0 Å². The Balaban J connectivity index is 0.00000288. The van der Waals surface area contributed by atoms with Crippen LogP contribution < -0.4 is 0 Å². The molecular formula is C12H22AcNO10-. The van der Waals surface area contributed by atoms with Gasteiger partial charge >= 0.3 is 0 Å². The second kappa shape index (κ2) is 9.80. The summed E-state index contributed by atoms with van der Waals surface area (Å²) in [6.45, 7) is -1.30. The number of hydrogen-bond acceptors (Lipinski definition) is 10. The van der Waals surface area contributed by atoms with E-state index in [4.69, 9.17) is 25.1 Å². The average Bonchev–Trinajstić information content (AvgIpc) is 2.55. The molecule has 2 fully saturated rings. The van der Waals surface area contributed by atoms with Gasteiger partial charge in [0.05, 0.1) is 19.3 Å². The summed E-state index contributed by atoms with van der Waals surface area (Å²) in [7, 11) is 0. The third-order valence-corrected chi connectivity index (χ3v) is 4.01. The third kappa shape index (κ3) is 4.64. The summed E-state index contributed by atoms with van der Waals surface area (Å²) < 4.78 is 15.4. The van der Waals surface area contributed by atoms with Gasteiger partial charge in [0.25, 0.3) is 0 Å². The molecule has 2 aliphatic heterocycles. The molecule has 0 amide bonds. The summed E-state index contributed by atoms with van der Waals surface area (Å²) in [5.41, 5.74) is 7.58. The van der Waals surface area contributed by atoms with Gasteiger partial charge in [-0.25, -0.2) is 0 Å². The number of hydrogen-bond donors (Lipinski definition) is 7. The van der Waals surface area contributed by atoms with Crippen LogP contribution in [-0.4, -0.2) is 110 Å². The molecule has 0 aromatic rings. The van der Waals surface area contributed by atoms with E-state index in [1.165, 1.54) is 0 Å². The second-order valence-electron chi connectivity index (χ2n) is 5.56. The van der Waals surface area contributed by atoms with Crippen molar-refractivity contribution < 1.29 is 94.0 Å². The van der Waals surface area contributed by atoms with E-state index in [1.807, 2.05) is 0 Å². The summed E-state index contributed by atoms with van der Waals surface area (Å²) in [4.78, 5) is 0. The molecule has 2 saturated heterocycles. The summed E-state index contributed by atoms with van der Waals surface area (Å²) in [5, 5.41) is 67.1. The van der Waals surface area contributed by atoms with Crippen molar-refractivity contribution in [2.24, 2.45) is 0 Å². The molecule has 0 spiro atoms. The molecule has 12 heteroatoms. The fourth-order valence-electron chi connectivity index (χ4n) is 2.58. The van der Waals surface area contributed by atoms with Crippen LogP contribution in [0.25, 0.3) is 5.73 Å². The zero-order valence-electron chi connectivity index (χ0n) is 12.6. The van der Waals surface area contributed by atoms with Gasteiger partial charge in [-0.15, -0.1) is 0 Å². The predicted octanol–water partition coefficient (Wildman–Crippen LogP) is -4.34. The standard InChI is InChI=1S/C12H22NO10.Ac/c13-5-7(17)10(4(2-15)21-11(5)20)23-12-9(19)8(18)6(16)3(1-14)22-12;/h3-20H,1-2H2;/q-1;/t3?,4?,5?,6-,7?,8?,9?,10-,11+,12-;/m0./s1. The normalized spacial score (nSPS) is 49.5. The number of aliphatic hydroxyl groups excluding tert-OH is 7. The first kappa shape index (κ1) is 23.0. The van der Waals surface area contributed by atoms with Gasteiger partial charge in [-0.1, -0.05) is 6.04 Å². The van der Waals surface area contributed by atoms with Crippen LogP contribution >= 0.6 is 0 Å². The van der Waals surface area contributed by atoms with E-state index >= 15 is 0 Å². The van der Waals surface area contributed by atoms with Crippen LogP contribution in [0.1, 0.15) is 0 Å². The van der Waals surface area contributed by atoms with E-state index in [1.54, 1.807) is 0 Å². The first-order valence-corrected chi connectivity index (χ1v) is 7.11. The molecule has 8 N–H and O–H groups in total. The van der Waals surface area contributed by atoms with Crippen molar-refractivity contribution in [3.05, 3.63) is 5.73 Å². The van der Waals surface area contributed by atoms with Crippen LogP contribution in [0.4, 0.5) is 0 Å². The first-order valence-electron chi connectivity index (χ1n) is 7.11. The Labute approximate surface area is 173 Å². The minimum Gasteiger partial charge on any atom is -0.668 e. The topological polar surface area (TPSA) is 193 Å². The molecule has 2 heterocycles. The minimum absolute atomic E-state index is 0. The van der Waals surface area contributed by atoms with Gasteiger partial charge in [0.1, 0.15) is 42.9 Å². The van der Waals surface area contributed by atoms with E-state index in [-0.39, 0.29) is 44.1 Å². The van der Waals surface area contributed by atoms with Gasteiger partial charge in [0, 0.05) is 44.1 Å². The molecule has 24 heavy (non-hydrogen) atoms. The molecular weight excluding hydrogens is 545 g/mol. The van der Waals surface area contributed by atoms with Crippen molar-refractivity contribution >= 4 is 0 Å². The van der Waals surface area contributed by atoms with Crippen molar-refractivity contribution in [1.82, 2.24) is 0 Å². The number of rotatable bonds is 4. The van der Waals surface area contributed by atoms with Crippen molar-refractivity contribution in [1.29, 1.82) is 0 Å². The van der Waals surface area contributed by atoms with Gasteiger partial charge in [0.2, 0.25) is 0 Å². The van der Waals surface area contributed by atoms with E-state index in [0.29, 0.717) is 0 Å². The molecule has 0 aliphatic carbocycles.